The van der Waals surface area contributed by atoms with Gasteiger partial charge in [0.15, 0.2) is 0 Å². The Balaban J connectivity index is 1.55. The van der Waals surface area contributed by atoms with Crippen molar-refractivity contribution in [2.75, 3.05) is 20.2 Å². The highest BCUT2D eigenvalue weighted by atomic mass is 32.2. The van der Waals surface area contributed by atoms with Crippen molar-refractivity contribution in [2.45, 2.75) is 24.3 Å². The summed E-state index contributed by atoms with van der Waals surface area (Å²) >= 11 is 0. The summed E-state index contributed by atoms with van der Waals surface area (Å²) < 4.78 is 37.4. The number of piperidine rings is 1. The normalized spacial score (nSPS) is 16.0. The van der Waals surface area contributed by atoms with E-state index >= 15 is 0 Å². The van der Waals surface area contributed by atoms with Crippen LogP contribution >= 0.6 is 0 Å². The van der Waals surface area contributed by atoms with E-state index in [1.165, 1.54) is 23.5 Å². The lowest BCUT2D eigenvalue weighted by Gasteiger charge is -2.30. The van der Waals surface area contributed by atoms with Crippen LogP contribution in [-0.4, -0.2) is 38.9 Å². The van der Waals surface area contributed by atoms with Crippen molar-refractivity contribution >= 4 is 16.0 Å². The van der Waals surface area contributed by atoms with E-state index in [0.29, 0.717) is 31.7 Å². The number of ether oxygens (including phenoxy) is 2. The zero-order chi connectivity index (χ0) is 19.3. The first kappa shape index (κ1) is 19.4. The molecule has 6 nitrogen and oxygen atoms in total. The van der Waals surface area contributed by atoms with Gasteiger partial charge in [-0.05, 0) is 42.7 Å². The number of methoxy groups -OCH3 is 1. The van der Waals surface area contributed by atoms with Gasteiger partial charge >= 0.3 is 5.97 Å². The standard InChI is InChI=1S/C20H23NO5S/c1-25-18-7-9-19(10-8-18)27(23,24)21-13-11-17(12-14-21)20(22)26-15-16-5-3-2-4-6-16/h2-10,17H,11-15H2,1H3. The maximum absolute atomic E-state index is 12.7. The van der Waals surface area contributed by atoms with Crippen LogP contribution in [0, 0.1) is 5.92 Å². The zero-order valence-corrected chi connectivity index (χ0v) is 16.0. The number of carbonyl (C=O) groups is 1. The Labute approximate surface area is 159 Å². The number of hydrogen-bond acceptors (Lipinski definition) is 5. The van der Waals surface area contributed by atoms with E-state index in [-0.39, 0.29) is 23.4 Å². The summed E-state index contributed by atoms with van der Waals surface area (Å²) in [6, 6.07) is 15.8. The third-order valence-corrected chi connectivity index (χ3v) is 6.62. The third kappa shape index (κ3) is 4.67. The molecule has 1 saturated heterocycles. The van der Waals surface area contributed by atoms with Gasteiger partial charge in [0.2, 0.25) is 10.0 Å². The van der Waals surface area contributed by atoms with Crippen molar-refractivity contribution in [1.29, 1.82) is 0 Å². The number of hydrogen-bond donors (Lipinski definition) is 0. The van der Waals surface area contributed by atoms with Crippen molar-refractivity contribution in [3.05, 3.63) is 60.2 Å². The molecule has 2 aromatic carbocycles. The van der Waals surface area contributed by atoms with E-state index < -0.39 is 10.0 Å². The fraction of sp³-hybridized carbons (Fsp3) is 0.350. The molecule has 1 aliphatic heterocycles. The van der Waals surface area contributed by atoms with E-state index in [0.717, 1.165) is 5.56 Å². The van der Waals surface area contributed by atoms with Crippen molar-refractivity contribution in [3.63, 3.8) is 0 Å². The molecule has 0 bridgehead atoms. The maximum atomic E-state index is 12.7. The summed E-state index contributed by atoms with van der Waals surface area (Å²) in [4.78, 5) is 12.5. The number of benzene rings is 2. The van der Waals surface area contributed by atoms with Crippen LogP contribution in [0.4, 0.5) is 0 Å². The predicted molar refractivity (Wildman–Crippen MR) is 101 cm³/mol. The minimum Gasteiger partial charge on any atom is -0.497 e. The van der Waals surface area contributed by atoms with Gasteiger partial charge in [-0.1, -0.05) is 30.3 Å². The average molecular weight is 389 g/mol. The monoisotopic (exact) mass is 389 g/mol. The maximum Gasteiger partial charge on any atom is 0.309 e. The van der Waals surface area contributed by atoms with Gasteiger partial charge in [0.1, 0.15) is 12.4 Å². The third-order valence-electron chi connectivity index (χ3n) is 4.71. The van der Waals surface area contributed by atoms with Gasteiger partial charge < -0.3 is 9.47 Å². The summed E-state index contributed by atoms with van der Waals surface area (Å²) in [7, 11) is -2.03. The lowest BCUT2D eigenvalue weighted by molar-refractivity contribution is -0.151. The van der Waals surface area contributed by atoms with Gasteiger partial charge in [0.05, 0.1) is 17.9 Å². The molecule has 1 aliphatic rings. The average Bonchev–Trinajstić information content (AvgIpc) is 2.73. The van der Waals surface area contributed by atoms with Crippen LogP contribution in [0.2, 0.25) is 0 Å². The molecule has 0 saturated carbocycles. The molecule has 0 atom stereocenters. The minimum atomic E-state index is -3.57. The molecule has 0 unspecified atom stereocenters. The lowest BCUT2D eigenvalue weighted by atomic mass is 9.98. The number of esters is 1. The van der Waals surface area contributed by atoms with Crippen molar-refractivity contribution in [1.82, 2.24) is 4.31 Å². The summed E-state index contributed by atoms with van der Waals surface area (Å²) in [6.45, 7) is 0.850. The number of nitrogens with zero attached hydrogens (tertiary/aromatic N) is 1. The van der Waals surface area contributed by atoms with Gasteiger partial charge in [-0.15, -0.1) is 0 Å². The second-order valence-corrected chi connectivity index (χ2v) is 8.39. The Hall–Kier alpha value is -2.38. The number of rotatable bonds is 6. The lowest BCUT2D eigenvalue weighted by Crippen LogP contribution is -2.40. The van der Waals surface area contributed by atoms with Gasteiger partial charge in [-0.3, -0.25) is 4.79 Å². The second kappa shape index (κ2) is 8.54. The highest BCUT2D eigenvalue weighted by molar-refractivity contribution is 7.89. The first-order chi connectivity index (χ1) is 13.0. The second-order valence-electron chi connectivity index (χ2n) is 6.45. The largest absolute Gasteiger partial charge is 0.497 e. The summed E-state index contributed by atoms with van der Waals surface area (Å²) in [5.74, 6) is 0.0743. The Morgan fingerprint density at radius 1 is 1.04 bits per heavy atom. The van der Waals surface area contributed by atoms with E-state index in [1.807, 2.05) is 30.3 Å². The highest BCUT2D eigenvalue weighted by Crippen LogP contribution is 2.26. The predicted octanol–water partition coefficient (Wildman–Crippen LogP) is 2.84. The Kier molecular flexibility index (Phi) is 6.13. The Morgan fingerprint density at radius 2 is 1.67 bits per heavy atom. The minimum absolute atomic E-state index is 0.230. The summed E-state index contributed by atoms with van der Waals surface area (Å²) in [5, 5.41) is 0. The molecule has 7 heteroatoms. The van der Waals surface area contributed by atoms with Crippen LogP contribution in [0.5, 0.6) is 5.75 Å². The molecule has 27 heavy (non-hydrogen) atoms. The zero-order valence-electron chi connectivity index (χ0n) is 15.2. The van der Waals surface area contributed by atoms with Crippen molar-refractivity contribution in [3.8, 4) is 5.75 Å². The van der Waals surface area contributed by atoms with Crippen LogP contribution < -0.4 is 4.74 Å². The molecule has 3 rings (SSSR count). The molecular weight excluding hydrogens is 366 g/mol. The molecule has 144 valence electrons. The Bertz CT molecular complexity index is 857. The molecule has 0 amide bonds. The molecule has 1 fully saturated rings. The molecular formula is C20H23NO5S. The van der Waals surface area contributed by atoms with E-state index in [1.54, 1.807) is 12.1 Å². The van der Waals surface area contributed by atoms with Gasteiger partial charge in [-0.2, -0.15) is 4.31 Å². The molecule has 0 spiro atoms. The summed E-state index contributed by atoms with van der Waals surface area (Å²) in [6.07, 6.45) is 0.923. The fourth-order valence-electron chi connectivity index (χ4n) is 3.08. The van der Waals surface area contributed by atoms with Crippen LogP contribution in [-0.2, 0) is 26.2 Å². The molecule has 0 radical (unpaired) electrons. The molecule has 0 N–H and O–H groups in total. The molecule has 0 aliphatic carbocycles. The topological polar surface area (TPSA) is 72.9 Å². The molecule has 1 heterocycles. The fourth-order valence-corrected chi connectivity index (χ4v) is 4.54. The smallest absolute Gasteiger partial charge is 0.309 e. The van der Waals surface area contributed by atoms with E-state index in [4.69, 9.17) is 9.47 Å². The van der Waals surface area contributed by atoms with Crippen molar-refractivity contribution in [2.24, 2.45) is 5.92 Å². The van der Waals surface area contributed by atoms with Crippen LogP contribution in [0.15, 0.2) is 59.5 Å². The SMILES string of the molecule is COc1ccc(S(=O)(=O)N2CCC(C(=O)OCc3ccccc3)CC2)cc1. The van der Waals surface area contributed by atoms with Crippen molar-refractivity contribution < 1.29 is 22.7 Å². The Morgan fingerprint density at radius 3 is 2.26 bits per heavy atom. The number of sulfonamides is 1. The van der Waals surface area contributed by atoms with Gasteiger partial charge in [-0.25, -0.2) is 8.42 Å². The van der Waals surface area contributed by atoms with Crippen LogP contribution in [0.3, 0.4) is 0 Å². The van der Waals surface area contributed by atoms with Crippen LogP contribution in [0.25, 0.3) is 0 Å². The molecule has 2 aromatic rings. The first-order valence-corrected chi connectivity index (χ1v) is 10.3. The van der Waals surface area contributed by atoms with E-state index in [9.17, 15) is 13.2 Å². The van der Waals surface area contributed by atoms with Gasteiger partial charge in [0.25, 0.3) is 0 Å². The first-order valence-electron chi connectivity index (χ1n) is 8.85. The number of carbonyl (C=O) groups excluding carboxylic acids is 1. The summed E-state index contributed by atoms with van der Waals surface area (Å²) in [5.41, 5.74) is 0.936. The van der Waals surface area contributed by atoms with Gasteiger partial charge in [0, 0.05) is 13.1 Å². The highest BCUT2D eigenvalue weighted by Gasteiger charge is 2.32. The van der Waals surface area contributed by atoms with E-state index in [2.05, 4.69) is 0 Å². The molecule has 0 aromatic heterocycles. The quantitative estimate of drug-likeness (QED) is 0.711. The van der Waals surface area contributed by atoms with Crippen LogP contribution in [0.1, 0.15) is 18.4 Å².